The summed E-state index contributed by atoms with van der Waals surface area (Å²) in [5.41, 5.74) is 0.864. The van der Waals surface area contributed by atoms with Gasteiger partial charge in [-0.05, 0) is 49.4 Å². The number of carbonyl (C=O) groups excluding carboxylic acids is 2. The fourth-order valence-electron chi connectivity index (χ4n) is 2.40. The number of carbonyl (C=O) groups is 2. The van der Waals surface area contributed by atoms with Crippen molar-refractivity contribution in [2.75, 3.05) is 12.4 Å². The summed E-state index contributed by atoms with van der Waals surface area (Å²) in [5.74, 6) is -0.890. The Morgan fingerprint density at radius 2 is 1.78 bits per heavy atom. The van der Waals surface area contributed by atoms with Crippen molar-refractivity contribution in [3.8, 4) is 5.75 Å². The van der Waals surface area contributed by atoms with Crippen LogP contribution in [0.2, 0.25) is 10.0 Å². The first-order valence-electron chi connectivity index (χ1n) is 7.92. The fraction of sp³-hybridized carbons (Fsp3) is 0.158. The first-order chi connectivity index (χ1) is 12.9. The van der Waals surface area contributed by atoms with Crippen LogP contribution in [0.1, 0.15) is 17.5 Å². The van der Waals surface area contributed by atoms with E-state index in [9.17, 15) is 9.59 Å². The third kappa shape index (κ3) is 4.35. The number of amides is 1. The second-order valence-electron chi connectivity index (χ2n) is 5.67. The van der Waals surface area contributed by atoms with E-state index in [4.69, 9.17) is 37.1 Å². The van der Waals surface area contributed by atoms with Crippen molar-refractivity contribution in [3.63, 3.8) is 0 Å². The minimum absolute atomic E-state index is 0.0211. The second kappa shape index (κ2) is 7.90. The highest BCUT2D eigenvalue weighted by molar-refractivity contribution is 6.31. The summed E-state index contributed by atoms with van der Waals surface area (Å²) in [4.78, 5) is 24.6. The average molecular weight is 408 g/mol. The fourth-order valence-corrected chi connectivity index (χ4v) is 2.75. The average Bonchev–Trinajstić information content (AvgIpc) is 3.05. The minimum atomic E-state index is -1.07. The molecule has 140 valence electrons. The summed E-state index contributed by atoms with van der Waals surface area (Å²) in [5, 5.41) is 4.23. The van der Waals surface area contributed by atoms with Crippen molar-refractivity contribution < 1.29 is 23.5 Å². The molecule has 8 heteroatoms. The predicted molar refractivity (Wildman–Crippen MR) is 103 cm³/mol. The molecule has 0 saturated heterocycles. The van der Waals surface area contributed by atoms with Gasteiger partial charge < -0.3 is 19.2 Å². The van der Waals surface area contributed by atoms with Crippen LogP contribution in [0.15, 0.2) is 46.9 Å². The zero-order valence-electron chi connectivity index (χ0n) is 14.4. The lowest BCUT2D eigenvalue weighted by molar-refractivity contribution is -0.123. The molecule has 0 aliphatic rings. The highest BCUT2D eigenvalue weighted by Gasteiger charge is 2.22. The summed E-state index contributed by atoms with van der Waals surface area (Å²) in [6.45, 7) is 1.45. The third-order valence-electron chi connectivity index (χ3n) is 3.75. The number of benzene rings is 2. The van der Waals surface area contributed by atoms with Crippen LogP contribution < -0.4 is 10.1 Å². The zero-order valence-corrected chi connectivity index (χ0v) is 15.9. The Hall–Kier alpha value is -2.70. The Morgan fingerprint density at radius 3 is 2.52 bits per heavy atom. The Morgan fingerprint density at radius 1 is 1.07 bits per heavy atom. The summed E-state index contributed by atoms with van der Waals surface area (Å²) >= 11 is 11.9. The van der Waals surface area contributed by atoms with Crippen LogP contribution in [0.3, 0.4) is 0 Å². The molecular formula is C19H15Cl2NO5. The van der Waals surface area contributed by atoms with Crippen LogP contribution in [0.5, 0.6) is 5.75 Å². The SMILES string of the molecule is COc1ccc(Cl)cc1NC(=O)C(C)OC(=O)c1cc2cc(Cl)ccc2o1. The van der Waals surface area contributed by atoms with E-state index in [-0.39, 0.29) is 5.76 Å². The molecular weight excluding hydrogens is 393 g/mol. The lowest BCUT2D eigenvalue weighted by atomic mass is 10.2. The maximum atomic E-state index is 12.3. The van der Waals surface area contributed by atoms with Crippen molar-refractivity contribution in [3.05, 3.63) is 58.3 Å². The molecule has 3 rings (SSSR count). The first kappa shape index (κ1) is 19.1. The third-order valence-corrected chi connectivity index (χ3v) is 4.22. The van der Waals surface area contributed by atoms with Gasteiger partial charge >= 0.3 is 5.97 Å². The van der Waals surface area contributed by atoms with E-state index in [1.165, 1.54) is 26.2 Å². The number of halogens is 2. The number of anilines is 1. The van der Waals surface area contributed by atoms with Crippen molar-refractivity contribution >= 4 is 51.7 Å². The minimum Gasteiger partial charge on any atom is -0.495 e. The van der Waals surface area contributed by atoms with Gasteiger partial charge in [0.05, 0.1) is 12.8 Å². The lowest BCUT2D eigenvalue weighted by Crippen LogP contribution is -2.30. The van der Waals surface area contributed by atoms with Crippen LogP contribution in [-0.4, -0.2) is 25.1 Å². The molecule has 1 N–H and O–H groups in total. The Kier molecular flexibility index (Phi) is 5.58. The van der Waals surface area contributed by atoms with E-state index in [1.54, 1.807) is 30.3 Å². The van der Waals surface area contributed by atoms with E-state index < -0.39 is 18.0 Å². The molecule has 1 atom stereocenters. The van der Waals surface area contributed by atoms with Gasteiger partial charge in [0, 0.05) is 15.4 Å². The van der Waals surface area contributed by atoms with Crippen LogP contribution in [-0.2, 0) is 9.53 Å². The van der Waals surface area contributed by atoms with Crippen LogP contribution in [0.4, 0.5) is 5.69 Å². The monoisotopic (exact) mass is 407 g/mol. The van der Waals surface area contributed by atoms with Crippen LogP contribution in [0, 0.1) is 0 Å². The molecule has 1 unspecified atom stereocenters. The van der Waals surface area contributed by atoms with Gasteiger partial charge in [-0.25, -0.2) is 4.79 Å². The Bertz CT molecular complexity index is 1010. The normalized spacial score (nSPS) is 11.9. The number of hydrogen-bond acceptors (Lipinski definition) is 5. The molecule has 0 aliphatic heterocycles. The van der Waals surface area contributed by atoms with Gasteiger partial charge in [0.15, 0.2) is 6.10 Å². The number of methoxy groups -OCH3 is 1. The second-order valence-corrected chi connectivity index (χ2v) is 6.55. The molecule has 27 heavy (non-hydrogen) atoms. The van der Waals surface area contributed by atoms with Crippen LogP contribution in [0.25, 0.3) is 11.0 Å². The highest BCUT2D eigenvalue weighted by atomic mass is 35.5. The van der Waals surface area contributed by atoms with Crippen molar-refractivity contribution in [2.45, 2.75) is 13.0 Å². The molecule has 3 aromatic rings. The Labute approximate surface area is 164 Å². The summed E-state index contributed by atoms with van der Waals surface area (Å²) in [6, 6.07) is 11.3. The van der Waals surface area contributed by atoms with Gasteiger partial charge in [-0.3, -0.25) is 4.79 Å². The van der Waals surface area contributed by atoms with E-state index in [0.29, 0.717) is 32.5 Å². The van der Waals surface area contributed by atoms with Gasteiger partial charge in [-0.2, -0.15) is 0 Å². The molecule has 0 aliphatic carbocycles. The standard InChI is InChI=1S/C19H15Cl2NO5/c1-10(18(23)22-14-9-13(21)4-6-16(14)25-2)26-19(24)17-8-11-7-12(20)3-5-15(11)27-17/h3-10H,1-2H3,(H,22,23). The van der Waals surface area contributed by atoms with Gasteiger partial charge in [0.1, 0.15) is 11.3 Å². The van der Waals surface area contributed by atoms with E-state index >= 15 is 0 Å². The molecule has 0 saturated carbocycles. The smallest absolute Gasteiger partial charge is 0.375 e. The number of rotatable bonds is 5. The largest absolute Gasteiger partial charge is 0.495 e. The molecule has 6 nitrogen and oxygen atoms in total. The maximum absolute atomic E-state index is 12.3. The molecule has 0 spiro atoms. The zero-order chi connectivity index (χ0) is 19.6. The summed E-state index contributed by atoms with van der Waals surface area (Å²) in [7, 11) is 1.47. The summed E-state index contributed by atoms with van der Waals surface area (Å²) < 4.78 is 15.8. The van der Waals surface area contributed by atoms with Crippen molar-refractivity contribution in [1.82, 2.24) is 0 Å². The molecule has 0 radical (unpaired) electrons. The molecule has 1 aromatic heterocycles. The number of ether oxygens (including phenoxy) is 2. The molecule has 2 aromatic carbocycles. The lowest BCUT2D eigenvalue weighted by Gasteiger charge is -2.14. The van der Waals surface area contributed by atoms with E-state index in [0.717, 1.165) is 0 Å². The molecule has 0 fully saturated rings. The molecule has 0 bridgehead atoms. The van der Waals surface area contributed by atoms with Crippen molar-refractivity contribution in [2.24, 2.45) is 0 Å². The Balaban J connectivity index is 1.70. The van der Waals surface area contributed by atoms with E-state index in [1.807, 2.05) is 0 Å². The van der Waals surface area contributed by atoms with Gasteiger partial charge in [-0.1, -0.05) is 23.2 Å². The van der Waals surface area contributed by atoms with E-state index in [2.05, 4.69) is 5.32 Å². The first-order valence-corrected chi connectivity index (χ1v) is 8.67. The highest BCUT2D eigenvalue weighted by Crippen LogP contribution is 2.28. The molecule has 1 heterocycles. The number of furan rings is 1. The number of hydrogen-bond donors (Lipinski definition) is 1. The molecule has 1 amide bonds. The van der Waals surface area contributed by atoms with Gasteiger partial charge in [-0.15, -0.1) is 0 Å². The van der Waals surface area contributed by atoms with Gasteiger partial charge in [0.2, 0.25) is 5.76 Å². The number of nitrogens with one attached hydrogen (secondary N) is 1. The van der Waals surface area contributed by atoms with Gasteiger partial charge in [0.25, 0.3) is 5.91 Å². The van der Waals surface area contributed by atoms with Crippen molar-refractivity contribution in [1.29, 1.82) is 0 Å². The number of fused-ring (bicyclic) bond motifs is 1. The number of esters is 1. The predicted octanol–water partition coefficient (Wildman–Crippen LogP) is 4.93. The topological polar surface area (TPSA) is 77.8 Å². The van der Waals surface area contributed by atoms with Crippen LogP contribution >= 0.6 is 23.2 Å². The quantitative estimate of drug-likeness (QED) is 0.606. The summed E-state index contributed by atoms with van der Waals surface area (Å²) in [6.07, 6.45) is -1.07. The maximum Gasteiger partial charge on any atom is 0.375 e.